The van der Waals surface area contributed by atoms with Crippen LogP contribution >= 0.6 is 11.3 Å². The highest BCUT2D eigenvalue weighted by atomic mass is 32.1. The number of hydrogen-bond acceptors (Lipinski definition) is 4. The first-order valence-electron chi connectivity index (χ1n) is 8.51. The van der Waals surface area contributed by atoms with Crippen LogP contribution in [0, 0.1) is 6.92 Å². The van der Waals surface area contributed by atoms with Crippen LogP contribution in [0.5, 0.6) is 5.75 Å². The van der Waals surface area contributed by atoms with E-state index in [9.17, 15) is 22.8 Å². The third-order valence-corrected chi connectivity index (χ3v) is 5.33. The average molecular weight is 397 g/mol. The highest BCUT2D eigenvalue weighted by molar-refractivity contribution is 7.14. The fourth-order valence-corrected chi connectivity index (χ4v) is 3.93. The van der Waals surface area contributed by atoms with Crippen molar-refractivity contribution in [2.24, 2.45) is 0 Å². The number of halogens is 3. The third kappa shape index (κ3) is 4.88. The van der Waals surface area contributed by atoms with Crippen molar-refractivity contribution >= 4 is 28.7 Å². The molecule has 3 rings (SSSR count). The minimum Gasteiger partial charge on any atom is -0.406 e. The van der Waals surface area contributed by atoms with Gasteiger partial charge in [0, 0.05) is 30.0 Å². The molecule has 1 aliphatic rings. The van der Waals surface area contributed by atoms with Gasteiger partial charge in [-0.05, 0) is 55.7 Å². The molecule has 0 atom stereocenters. The average Bonchev–Trinajstić information content (AvgIpc) is 3.03. The van der Waals surface area contributed by atoms with Crippen molar-refractivity contribution < 1.29 is 27.5 Å². The maximum Gasteiger partial charge on any atom is 0.573 e. The molecular formula is C19H18F3NO3S. The van der Waals surface area contributed by atoms with Gasteiger partial charge in [0.2, 0.25) is 5.91 Å². The second-order valence-corrected chi connectivity index (χ2v) is 7.61. The van der Waals surface area contributed by atoms with Crippen LogP contribution < -0.4 is 9.64 Å². The van der Waals surface area contributed by atoms with Gasteiger partial charge in [-0.2, -0.15) is 0 Å². The first-order valence-corrected chi connectivity index (χ1v) is 9.33. The highest BCUT2D eigenvalue weighted by Gasteiger charge is 2.32. The molecule has 1 aromatic carbocycles. The van der Waals surface area contributed by atoms with Crippen LogP contribution in [0.2, 0.25) is 0 Å². The Morgan fingerprint density at radius 2 is 1.96 bits per heavy atom. The number of nitrogens with zero attached hydrogens (tertiary/aromatic N) is 1. The molecule has 1 aliphatic heterocycles. The van der Waals surface area contributed by atoms with E-state index in [-0.39, 0.29) is 30.3 Å². The molecule has 8 heteroatoms. The fourth-order valence-electron chi connectivity index (χ4n) is 3.09. The Balaban J connectivity index is 1.67. The number of ether oxygens (including phenoxy) is 1. The predicted octanol–water partition coefficient (Wildman–Crippen LogP) is 4.90. The molecule has 0 radical (unpaired) electrons. The second kappa shape index (κ2) is 7.72. The van der Waals surface area contributed by atoms with Gasteiger partial charge in [0.25, 0.3) is 0 Å². The molecule has 0 saturated heterocycles. The number of thiophene rings is 1. The van der Waals surface area contributed by atoms with E-state index in [1.807, 2.05) is 13.0 Å². The number of carbonyl (C=O) groups excluding carboxylic acids is 2. The summed E-state index contributed by atoms with van der Waals surface area (Å²) in [6.07, 6.45) is -3.36. The number of amides is 1. The summed E-state index contributed by atoms with van der Waals surface area (Å²) in [5, 5.41) is 0. The van der Waals surface area contributed by atoms with Gasteiger partial charge in [0.15, 0.2) is 5.78 Å². The molecule has 4 nitrogen and oxygen atoms in total. The molecule has 1 aromatic heterocycles. The minimum atomic E-state index is -4.75. The lowest BCUT2D eigenvalue weighted by molar-refractivity contribution is -0.274. The molecule has 1 amide bonds. The predicted molar refractivity (Wildman–Crippen MR) is 96.4 cm³/mol. The Hall–Kier alpha value is -2.35. The maximum atomic E-state index is 12.6. The molecule has 0 unspecified atom stereocenters. The minimum absolute atomic E-state index is 0.0655. The van der Waals surface area contributed by atoms with Crippen molar-refractivity contribution in [3.05, 3.63) is 45.6 Å². The lowest BCUT2D eigenvalue weighted by Crippen LogP contribution is -2.35. The van der Waals surface area contributed by atoms with E-state index < -0.39 is 6.36 Å². The summed E-state index contributed by atoms with van der Waals surface area (Å²) in [6, 6.07) is 7.61. The van der Waals surface area contributed by atoms with Crippen molar-refractivity contribution in [2.45, 2.75) is 39.0 Å². The SMILES string of the molecule is Cc1ccc(C(=O)CCC(=O)N2CCCc3cc(OC(F)(F)F)ccc32)s1. The largest absolute Gasteiger partial charge is 0.573 e. The highest BCUT2D eigenvalue weighted by Crippen LogP contribution is 2.33. The van der Waals surface area contributed by atoms with Gasteiger partial charge in [-0.25, -0.2) is 0 Å². The fraction of sp³-hybridized carbons (Fsp3) is 0.368. The zero-order chi connectivity index (χ0) is 19.6. The summed E-state index contributed by atoms with van der Waals surface area (Å²) < 4.78 is 41.1. The Morgan fingerprint density at radius 1 is 1.19 bits per heavy atom. The molecule has 0 saturated carbocycles. The standard InChI is InChI=1S/C19H18F3NO3S/c1-12-4-8-17(27-12)16(24)7-9-18(25)23-10-2-3-13-11-14(5-6-15(13)23)26-19(20,21)22/h4-6,8,11H,2-3,7,9-10H2,1H3. The van der Waals surface area contributed by atoms with Crippen LogP contribution in [0.3, 0.4) is 0 Å². The van der Waals surface area contributed by atoms with Gasteiger partial charge in [0.05, 0.1) is 4.88 Å². The van der Waals surface area contributed by atoms with E-state index in [2.05, 4.69) is 4.74 Å². The number of hydrogen-bond donors (Lipinski definition) is 0. The van der Waals surface area contributed by atoms with Crippen LogP contribution in [0.1, 0.15) is 39.4 Å². The van der Waals surface area contributed by atoms with Crippen molar-refractivity contribution in [3.63, 3.8) is 0 Å². The van der Waals surface area contributed by atoms with Gasteiger partial charge in [-0.1, -0.05) is 0 Å². The van der Waals surface area contributed by atoms with Gasteiger partial charge in [-0.3, -0.25) is 9.59 Å². The molecule has 2 aromatic rings. The quantitative estimate of drug-likeness (QED) is 0.675. The molecule has 0 spiro atoms. The number of ketones is 1. The maximum absolute atomic E-state index is 12.6. The Kier molecular flexibility index (Phi) is 5.55. The first-order chi connectivity index (χ1) is 12.7. The van der Waals surface area contributed by atoms with Gasteiger partial charge in [-0.15, -0.1) is 24.5 Å². The summed E-state index contributed by atoms with van der Waals surface area (Å²) in [5.74, 6) is -0.575. The molecular weight excluding hydrogens is 379 g/mol. The number of Topliss-reactive ketones (excluding diaryl/α,β-unsaturated/α-hetero) is 1. The van der Waals surface area contributed by atoms with Crippen LogP contribution in [-0.2, 0) is 11.2 Å². The first kappa shape index (κ1) is 19.4. The van der Waals surface area contributed by atoms with Gasteiger partial charge in [0.1, 0.15) is 5.75 Å². The van der Waals surface area contributed by atoms with E-state index in [4.69, 9.17) is 0 Å². The molecule has 0 fully saturated rings. The Morgan fingerprint density at radius 3 is 2.63 bits per heavy atom. The number of alkyl halides is 3. The van der Waals surface area contributed by atoms with Crippen LogP contribution in [0.4, 0.5) is 18.9 Å². The van der Waals surface area contributed by atoms with E-state index >= 15 is 0 Å². The van der Waals surface area contributed by atoms with E-state index in [1.54, 1.807) is 11.0 Å². The monoisotopic (exact) mass is 397 g/mol. The molecule has 144 valence electrons. The topological polar surface area (TPSA) is 46.6 Å². The van der Waals surface area contributed by atoms with E-state index in [0.717, 1.165) is 4.88 Å². The summed E-state index contributed by atoms with van der Waals surface area (Å²) in [5.41, 5.74) is 1.22. The molecule has 0 aliphatic carbocycles. The van der Waals surface area contributed by atoms with E-state index in [0.29, 0.717) is 35.5 Å². The molecule has 2 heterocycles. The number of fused-ring (bicyclic) bond motifs is 1. The second-order valence-electron chi connectivity index (χ2n) is 6.32. The number of rotatable bonds is 5. The summed E-state index contributed by atoms with van der Waals surface area (Å²) in [7, 11) is 0. The van der Waals surface area contributed by atoms with Crippen molar-refractivity contribution in [1.29, 1.82) is 0 Å². The zero-order valence-corrected chi connectivity index (χ0v) is 15.5. The van der Waals surface area contributed by atoms with E-state index in [1.165, 1.54) is 29.5 Å². The normalized spacial score (nSPS) is 14.0. The Labute approximate surface area is 158 Å². The van der Waals surface area contributed by atoms with Gasteiger partial charge >= 0.3 is 6.36 Å². The lowest BCUT2D eigenvalue weighted by Gasteiger charge is -2.30. The summed E-state index contributed by atoms with van der Waals surface area (Å²) in [4.78, 5) is 28.0. The molecule has 27 heavy (non-hydrogen) atoms. The van der Waals surface area contributed by atoms with Crippen molar-refractivity contribution in [1.82, 2.24) is 0 Å². The summed E-state index contributed by atoms with van der Waals surface area (Å²) >= 11 is 1.40. The van der Waals surface area contributed by atoms with Crippen LogP contribution in [0.15, 0.2) is 30.3 Å². The van der Waals surface area contributed by atoms with Crippen molar-refractivity contribution in [3.8, 4) is 5.75 Å². The smallest absolute Gasteiger partial charge is 0.406 e. The zero-order valence-electron chi connectivity index (χ0n) is 14.6. The number of anilines is 1. The van der Waals surface area contributed by atoms with Gasteiger partial charge < -0.3 is 9.64 Å². The summed E-state index contributed by atoms with van der Waals surface area (Å²) in [6.45, 7) is 2.39. The number of aryl methyl sites for hydroxylation is 2. The molecule has 0 bridgehead atoms. The lowest BCUT2D eigenvalue weighted by atomic mass is 10.0. The molecule has 0 N–H and O–H groups in total. The Bertz CT molecular complexity index is 860. The van der Waals surface area contributed by atoms with Crippen LogP contribution in [-0.4, -0.2) is 24.6 Å². The van der Waals surface area contributed by atoms with Crippen LogP contribution in [0.25, 0.3) is 0 Å². The number of carbonyl (C=O) groups is 2. The van der Waals surface area contributed by atoms with Crippen molar-refractivity contribution in [2.75, 3.05) is 11.4 Å². The third-order valence-electron chi connectivity index (χ3n) is 4.29. The number of benzene rings is 1.